The summed E-state index contributed by atoms with van der Waals surface area (Å²) in [4.78, 5) is 8.58. The smallest absolute Gasteiger partial charge is 0.193 e. The predicted octanol–water partition coefficient (Wildman–Crippen LogP) is 4.10. The van der Waals surface area contributed by atoms with E-state index in [9.17, 15) is 0 Å². The lowest BCUT2D eigenvalue weighted by Gasteiger charge is -2.14. The summed E-state index contributed by atoms with van der Waals surface area (Å²) >= 11 is 0. The quantitative estimate of drug-likeness (QED) is 0.406. The summed E-state index contributed by atoms with van der Waals surface area (Å²) in [5, 5.41) is 3.30. The Hall–Kier alpha value is -1.63. The lowest BCUT2D eigenvalue weighted by Crippen LogP contribution is -2.24. The second kappa shape index (κ2) is 10.3. The molecule has 0 unspecified atom stereocenters. The number of nitrogens with two attached hydrogens (primary N) is 1. The van der Waals surface area contributed by atoms with Crippen LogP contribution in [0.3, 0.4) is 0 Å². The number of para-hydroxylation sites is 1. The minimum atomic E-state index is 0. The average molecular weight is 438 g/mol. The molecule has 24 heavy (non-hydrogen) atoms. The van der Waals surface area contributed by atoms with Crippen molar-refractivity contribution in [3.8, 4) is 0 Å². The molecule has 0 aliphatic heterocycles. The monoisotopic (exact) mass is 438 g/mol. The summed E-state index contributed by atoms with van der Waals surface area (Å²) in [7, 11) is 0. The number of hydrogen-bond donors (Lipinski definition) is 2. The zero-order chi connectivity index (χ0) is 16.7. The first-order chi connectivity index (χ1) is 11.2. The molecule has 1 aromatic heterocycles. The molecular formula is C19H27IN4. The fourth-order valence-corrected chi connectivity index (χ4v) is 2.65. The summed E-state index contributed by atoms with van der Waals surface area (Å²) in [6.45, 7) is 7.04. The SMILES string of the molecule is CCc1cccc(CC)c1NC(N)=NCCc1ccncc1C.I. The van der Waals surface area contributed by atoms with Crippen LogP contribution in [-0.4, -0.2) is 17.5 Å². The Morgan fingerprint density at radius 2 is 1.79 bits per heavy atom. The number of nitrogens with one attached hydrogen (secondary N) is 1. The van der Waals surface area contributed by atoms with Crippen LogP contribution in [0, 0.1) is 6.92 Å². The number of aryl methyl sites for hydroxylation is 3. The third kappa shape index (κ3) is 5.47. The van der Waals surface area contributed by atoms with Crippen LogP contribution < -0.4 is 11.1 Å². The highest BCUT2D eigenvalue weighted by molar-refractivity contribution is 14.0. The largest absolute Gasteiger partial charge is 0.370 e. The van der Waals surface area contributed by atoms with E-state index < -0.39 is 0 Å². The fourth-order valence-electron chi connectivity index (χ4n) is 2.65. The van der Waals surface area contributed by atoms with Crippen molar-refractivity contribution < 1.29 is 0 Å². The normalized spacial score (nSPS) is 11.0. The Bertz CT molecular complexity index is 661. The minimum absolute atomic E-state index is 0. The molecule has 3 N–H and O–H groups in total. The maximum atomic E-state index is 6.08. The third-order valence-corrected chi connectivity index (χ3v) is 4.05. The summed E-state index contributed by atoms with van der Waals surface area (Å²) in [6, 6.07) is 8.41. The Morgan fingerprint density at radius 3 is 2.38 bits per heavy atom. The zero-order valence-corrected chi connectivity index (χ0v) is 17.0. The van der Waals surface area contributed by atoms with E-state index in [-0.39, 0.29) is 24.0 Å². The molecule has 1 heterocycles. The Morgan fingerprint density at radius 1 is 1.12 bits per heavy atom. The molecule has 0 bridgehead atoms. The Balaban J connectivity index is 0.00000288. The van der Waals surface area contributed by atoms with E-state index in [2.05, 4.69) is 54.3 Å². The van der Waals surface area contributed by atoms with Crippen LogP contribution >= 0.6 is 24.0 Å². The van der Waals surface area contributed by atoms with Gasteiger partial charge in [0.1, 0.15) is 0 Å². The first-order valence-corrected chi connectivity index (χ1v) is 8.22. The molecule has 0 fully saturated rings. The first kappa shape index (κ1) is 20.4. The molecule has 2 rings (SSSR count). The lowest BCUT2D eigenvalue weighted by molar-refractivity contribution is 0.947. The molecule has 0 spiro atoms. The van der Waals surface area contributed by atoms with Crippen LogP contribution in [0.2, 0.25) is 0 Å². The van der Waals surface area contributed by atoms with Gasteiger partial charge in [0.15, 0.2) is 5.96 Å². The highest BCUT2D eigenvalue weighted by atomic mass is 127. The van der Waals surface area contributed by atoms with Gasteiger partial charge < -0.3 is 11.1 Å². The van der Waals surface area contributed by atoms with E-state index in [0.717, 1.165) is 24.9 Å². The van der Waals surface area contributed by atoms with Gasteiger partial charge in [-0.1, -0.05) is 32.0 Å². The highest BCUT2D eigenvalue weighted by Gasteiger charge is 2.07. The van der Waals surface area contributed by atoms with Crippen molar-refractivity contribution in [2.75, 3.05) is 11.9 Å². The van der Waals surface area contributed by atoms with Crippen LogP contribution in [0.5, 0.6) is 0 Å². The molecule has 0 amide bonds. The minimum Gasteiger partial charge on any atom is -0.370 e. The van der Waals surface area contributed by atoms with Gasteiger partial charge in [0, 0.05) is 24.6 Å². The van der Waals surface area contributed by atoms with E-state index in [1.165, 1.54) is 22.3 Å². The van der Waals surface area contributed by atoms with E-state index in [0.29, 0.717) is 12.5 Å². The van der Waals surface area contributed by atoms with E-state index >= 15 is 0 Å². The number of halogens is 1. The van der Waals surface area contributed by atoms with Gasteiger partial charge in [-0.2, -0.15) is 0 Å². The van der Waals surface area contributed by atoms with Gasteiger partial charge >= 0.3 is 0 Å². The number of aliphatic imine (C=N–C) groups is 1. The van der Waals surface area contributed by atoms with Crippen LogP contribution in [0.25, 0.3) is 0 Å². The van der Waals surface area contributed by atoms with E-state index in [4.69, 9.17) is 5.73 Å². The molecule has 2 aromatic rings. The predicted molar refractivity (Wildman–Crippen MR) is 113 cm³/mol. The average Bonchev–Trinajstić information content (AvgIpc) is 2.56. The van der Waals surface area contributed by atoms with Crippen molar-refractivity contribution in [1.29, 1.82) is 0 Å². The van der Waals surface area contributed by atoms with Crippen molar-refractivity contribution in [2.45, 2.75) is 40.0 Å². The number of aromatic nitrogens is 1. The summed E-state index contributed by atoms with van der Waals surface area (Å²) < 4.78 is 0. The molecule has 0 atom stereocenters. The van der Waals surface area contributed by atoms with Crippen molar-refractivity contribution in [3.05, 3.63) is 58.9 Å². The van der Waals surface area contributed by atoms with Crippen LogP contribution in [0.4, 0.5) is 5.69 Å². The number of hydrogen-bond acceptors (Lipinski definition) is 2. The lowest BCUT2D eigenvalue weighted by atomic mass is 10.0. The molecule has 5 heteroatoms. The van der Waals surface area contributed by atoms with Gasteiger partial charge in [0.05, 0.1) is 0 Å². The molecule has 0 radical (unpaired) electrons. The maximum absolute atomic E-state index is 6.08. The topological polar surface area (TPSA) is 63.3 Å². The summed E-state index contributed by atoms with van der Waals surface area (Å²) in [6.07, 6.45) is 6.51. The van der Waals surface area contributed by atoms with Crippen molar-refractivity contribution in [2.24, 2.45) is 10.7 Å². The second-order valence-corrected chi connectivity index (χ2v) is 5.60. The summed E-state index contributed by atoms with van der Waals surface area (Å²) in [5.41, 5.74) is 12.2. The van der Waals surface area contributed by atoms with Crippen LogP contribution in [-0.2, 0) is 19.3 Å². The zero-order valence-electron chi connectivity index (χ0n) is 14.7. The number of benzene rings is 1. The standard InChI is InChI=1S/C19H26N4.HI/c1-4-15-7-6-8-16(5-2)18(15)23-19(20)22-12-10-17-9-11-21-13-14(17)3;/h6-9,11,13H,4-5,10,12H2,1-3H3,(H3,20,22,23);1H. The number of pyridine rings is 1. The van der Waals surface area contributed by atoms with Gasteiger partial charge in [-0.3, -0.25) is 9.98 Å². The molecule has 1 aromatic carbocycles. The maximum Gasteiger partial charge on any atom is 0.193 e. The third-order valence-electron chi connectivity index (χ3n) is 4.05. The Labute approximate surface area is 162 Å². The highest BCUT2D eigenvalue weighted by Crippen LogP contribution is 2.22. The number of anilines is 1. The molecule has 4 nitrogen and oxygen atoms in total. The van der Waals surface area contributed by atoms with Gasteiger partial charge in [-0.05, 0) is 54.5 Å². The Kier molecular flexibility index (Phi) is 8.74. The van der Waals surface area contributed by atoms with Crippen LogP contribution in [0.1, 0.15) is 36.1 Å². The fraction of sp³-hybridized carbons (Fsp3) is 0.368. The number of rotatable bonds is 6. The number of guanidine groups is 1. The first-order valence-electron chi connectivity index (χ1n) is 8.22. The summed E-state index contributed by atoms with van der Waals surface area (Å²) in [5.74, 6) is 0.479. The molecular weight excluding hydrogens is 411 g/mol. The van der Waals surface area contributed by atoms with Gasteiger partial charge in [0.25, 0.3) is 0 Å². The van der Waals surface area contributed by atoms with E-state index in [1.807, 2.05) is 18.5 Å². The van der Waals surface area contributed by atoms with Gasteiger partial charge in [-0.15, -0.1) is 24.0 Å². The molecule has 130 valence electrons. The van der Waals surface area contributed by atoms with Crippen molar-refractivity contribution in [1.82, 2.24) is 4.98 Å². The molecule has 0 saturated heterocycles. The van der Waals surface area contributed by atoms with Crippen molar-refractivity contribution in [3.63, 3.8) is 0 Å². The molecule has 0 aliphatic carbocycles. The second-order valence-electron chi connectivity index (χ2n) is 5.60. The van der Waals surface area contributed by atoms with Crippen LogP contribution in [0.15, 0.2) is 41.7 Å². The number of nitrogens with zero attached hydrogens (tertiary/aromatic N) is 2. The van der Waals surface area contributed by atoms with E-state index in [1.54, 1.807) is 0 Å². The van der Waals surface area contributed by atoms with Crippen molar-refractivity contribution >= 4 is 35.6 Å². The van der Waals surface area contributed by atoms with Gasteiger partial charge in [0.2, 0.25) is 0 Å². The molecule has 0 saturated carbocycles. The molecule has 0 aliphatic rings. The van der Waals surface area contributed by atoms with Gasteiger partial charge in [-0.25, -0.2) is 0 Å².